The third kappa shape index (κ3) is 2.52. The number of fused-ring (bicyclic) bond motifs is 1. The second kappa shape index (κ2) is 5.14. The van der Waals surface area contributed by atoms with Gasteiger partial charge in [0.15, 0.2) is 5.78 Å². The molecule has 2 aromatic rings. The van der Waals surface area contributed by atoms with E-state index in [1.54, 1.807) is 24.4 Å². The zero-order chi connectivity index (χ0) is 13.9. The van der Waals surface area contributed by atoms with Gasteiger partial charge in [0.25, 0.3) is 0 Å². The van der Waals surface area contributed by atoms with Crippen LogP contribution in [0, 0.1) is 11.8 Å². The van der Waals surface area contributed by atoms with Crippen molar-refractivity contribution in [2.24, 2.45) is 0 Å². The van der Waals surface area contributed by atoms with Crippen LogP contribution in [0.5, 0.6) is 0 Å². The Morgan fingerprint density at radius 3 is 2.95 bits per heavy atom. The third-order valence-corrected chi connectivity index (χ3v) is 3.19. The third-order valence-electron chi connectivity index (χ3n) is 3.19. The minimum atomic E-state index is 0.157. The van der Waals surface area contributed by atoms with Crippen LogP contribution in [0.1, 0.15) is 40.2 Å². The Hall–Kier alpha value is -2.67. The first kappa shape index (κ1) is 12.4. The van der Waals surface area contributed by atoms with Gasteiger partial charge in [-0.2, -0.15) is 0 Å². The number of nitrogens with two attached hydrogens (primary N) is 1. The first-order valence-corrected chi connectivity index (χ1v) is 6.49. The Bertz CT molecular complexity index is 741. The summed E-state index contributed by atoms with van der Waals surface area (Å²) >= 11 is 0. The van der Waals surface area contributed by atoms with Gasteiger partial charge >= 0.3 is 0 Å². The molecule has 2 N–H and O–H groups in total. The van der Waals surface area contributed by atoms with Crippen LogP contribution in [0.3, 0.4) is 0 Å². The van der Waals surface area contributed by atoms with Gasteiger partial charge in [-0.25, -0.2) is 4.98 Å². The molecule has 20 heavy (non-hydrogen) atoms. The van der Waals surface area contributed by atoms with E-state index in [1.807, 2.05) is 6.07 Å². The second-order valence-electron chi connectivity index (χ2n) is 4.69. The molecular formula is C16H13N3O. The summed E-state index contributed by atoms with van der Waals surface area (Å²) in [4.78, 5) is 20.3. The smallest absolute Gasteiger partial charge is 0.164 e. The molecule has 3 rings (SSSR count). The summed E-state index contributed by atoms with van der Waals surface area (Å²) in [5.41, 5.74) is 8.53. The van der Waals surface area contributed by atoms with E-state index in [9.17, 15) is 4.79 Å². The molecule has 2 aromatic heterocycles. The van der Waals surface area contributed by atoms with Crippen molar-refractivity contribution in [1.29, 1.82) is 0 Å². The van der Waals surface area contributed by atoms with Crippen molar-refractivity contribution in [3.63, 3.8) is 0 Å². The van der Waals surface area contributed by atoms with Crippen molar-refractivity contribution >= 4 is 11.6 Å². The van der Waals surface area contributed by atoms with Crippen molar-refractivity contribution in [1.82, 2.24) is 9.97 Å². The van der Waals surface area contributed by atoms with Crippen molar-refractivity contribution in [3.8, 4) is 11.8 Å². The minimum absolute atomic E-state index is 0.157. The van der Waals surface area contributed by atoms with E-state index in [2.05, 4.69) is 21.8 Å². The average Bonchev–Trinajstić information content (AvgIpc) is 2.46. The first-order valence-electron chi connectivity index (χ1n) is 6.49. The lowest BCUT2D eigenvalue weighted by atomic mass is 9.94. The molecule has 0 aromatic carbocycles. The summed E-state index contributed by atoms with van der Waals surface area (Å²) in [6, 6.07) is 7.13. The number of carbonyl (C=O) groups is 1. The molecule has 0 spiro atoms. The maximum Gasteiger partial charge on any atom is 0.164 e. The quantitative estimate of drug-likeness (QED) is 0.738. The highest BCUT2D eigenvalue weighted by atomic mass is 16.1. The van der Waals surface area contributed by atoms with Crippen molar-refractivity contribution in [2.75, 3.05) is 5.73 Å². The SMILES string of the molecule is Nc1cccc(C#Cc2cnc3c(c2)C(=O)CCC3)n1. The number of hydrogen-bond donors (Lipinski definition) is 1. The summed E-state index contributed by atoms with van der Waals surface area (Å²) in [7, 11) is 0. The number of rotatable bonds is 0. The maximum atomic E-state index is 11.8. The molecule has 0 aliphatic heterocycles. The van der Waals surface area contributed by atoms with Crippen LogP contribution >= 0.6 is 0 Å². The van der Waals surface area contributed by atoms with Gasteiger partial charge in [-0.05, 0) is 37.0 Å². The number of pyridine rings is 2. The summed E-state index contributed by atoms with van der Waals surface area (Å²) in [6.07, 6.45) is 4.06. The largest absolute Gasteiger partial charge is 0.384 e. The Morgan fingerprint density at radius 2 is 2.10 bits per heavy atom. The average molecular weight is 263 g/mol. The molecule has 0 radical (unpaired) electrons. The van der Waals surface area contributed by atoms with Gasteiger partial charge in [-0.1, -0.05) is 12.0 Å². The fourth-order valence-electron chi connectivity index (χ4n) is 2.21. The van der Waals surface area contributed by atoms with E-state index in [0.717, 1.165) is 24.1 Å². The van der Waals surface area contributed by atoms with Crippen molar-refractivity contribution in [3.05, 3.63) is 53.0 Å². The number of hydrogen-bond acceptors (Lipinski definition) is 4. The second-order valence-corrected chi connectivity index (χ2v) is 4.69. The standard InChI is InChI=1S/C16H13N3O/c17-16-6-1-3-12(19-16)8-7-11-9-13-14(18-10-11)4-2-5-15(13)20/h1,3,6,9-10H,2,4-5H2,(H2,17,19). The van der Waals surface area contributed by atoms with Crippen LogP contribution in [0.4, 0.5) is 5.82 Å². The van der Waals surface area contributed by atoms with Gasteiger partial charge in [0.2, 0.25) is 0 Å². The number of aromatic nitrogens is 2. The number of aryl methyl sites for hydroxylation is 1. The lowest BCUT2D eigenvalue weighted by Crippen LogP contribution is -2.12. The van der Waals surface area contributed by atoms with Gasteiger partial charge in [0, 0.05) is 23.7 Å². The monoisotopic (exact) mass is 263 g/mol. The molecule has 4 nitrogen and oxygen atoms in total. The number of Topliss-reactive ketones (excluding diaryl/α,β-unsaturated/α-hetero) is 1. The Morgan fingerprint density at radius 1 is 1.20 bits per heavy atom. The maximum absolute atomic E-state index is 11.8. The molecule has 0 atom stereocenters. The van der Waals surface area contributed by atoms with Crippen LogP contribution in [-0.2, 0) is 6.42 Å². The van der Waals surface area contributed by atoms with E-state index < -0.39 is 0 Å². The predicted octanol–water partition coefficient (Wildman–Crippen LogP) is 1.98. The number of anilines is 1. The van der Waals surface area contributed by atoms with Gasteiger partial charge < -0.3 is 5.73 Å². The Balaban J connectivity index is 1.93. The van der Waals surface area contributed by atoms with Crippen LogP contribution in [0.2, 0.25) is 0 Å². The molecule has 1 aliphatic rings. The normalized spacial score (nSPS) is 13.3. The number of nitrogen functional groups attached to an aromatic ring is 1. The molecular weight excluding hydrogens is 250 g/mol. The summed E-state index contributed by atoms with van der Waals surface area (Å²) < 4.78 is 0. The van der Waals surface area contributed by atoms with E-state index in [1.165, 1.54) is 0 Å². The highest BCUT2D eigenvalue weighted by Gasteiger charge is 2.18. The fraction of sp³-hybridized carbons (Fsp3) is 0.188. The molecule has 0 unspecified atom stereocenters. The lowest BCUT2D eigenvalue weighted by molar-refractivity contribution is 0.0971. The zero-order valence-electron chi connectivity index (χ0n) is 10.9. The van der Waals surface area contributed by atoms with Crippen molar-refractivity contribution < 1.29 is 4.79 Å². The van der Waals surface area contributed by atoms with Crippen molar-refractivity contribution in [2.45, 2.75) is 19.3 Å². The molecule has 1 aliphatic carbocycles. The Labute approximate surface area is 117 Å². The summed E-state index contributed by atoms with van der Waals surface area (Å²) in [5.74, 6) is 6.50. The fourth-order valence-corrected chi connectivity index (χ4v) is 2.21. The highest BCUT2D eigenvalue weighted by Crippen LogP contribution is 2.19. The molecule has 0 bridgehead atoms. The van der Waals surface area contributed by atoms with E-state index in [-0.39, 0.29) is 5.78 Å². The Kier molecular flexibility index (Phi) is 3.18. The predicted molar refractivity (Wildman–Crippen MR) is 76.1 cm³/mol. The van der Waals surface area contributed by atoms with Crippen LogP contribution in [0.15, 0.2) is 30.5 Å². The number of carbonyl (C=O) groups excluding carboxylic acids is 1. The lowest BCUT2D eigenvalue weighted by Gasteiger charge is -2.12. The summed E-state index contributed by atoms with van der Waals surface area (Å²) in [5, 5.41) is 0. The van der Waals surface area contributed by atoms with Gasteiger partial charge in [0.1, 0.15) is 11.5 Å². The topological polar surface area (TPSA) is 68.9 Å². The number of ketones is 1. The van der Waals surface area contributed by atoms with E-state index in [0.29, 0.717) is 23.5 Å². The number of nitrogens with zero attached hydrogens (tertiary/aromatic N) is 2. The first-order chi connectivity index (χ1) is 9.72. The van der Waals surface area contributed by atoms with E-state index in [4.69, 9.17) is 5.73 Å². The molecule has 2 heterocycles. The highest BCUT2D eigenvalue weighted by molar-refractivity contribution is 5.98. The van der Waals surface area contributed by atoms with E-state index >= 15 is 0 Å². The molecule has 0 amide bonds. The van der Waals surface area contributed by atoms with Crippen LogP contribution < -0.4 is 5.73 Å². The summed E-state index contributed by atoms with van der Waals surface area (Å²) in [6.45, 7) is 0. The molecule has 98 valence electrons. The minimum Gasteiger partial charge on any atom is -0.384 e. The molecule has 0 saturated carbocycles. The zero-order valence-corrected chi connectivity index (χ0v) is 10.9. The van der Waals surface area contributed by atoms with Gasteiger partial charge in [-0.3, -0.25) is 9.78 Å². The molecule has 4 heteroatoms. The van der Waals surface area contributed by atoms with Gasteiger partial charge in [0.05, 0.1) is 5.69 Å². The van der Waals surface area contributed by atoms with Crippen LogP contribution in [-0.4, -0.2) is 15.8 Å². The molecule has 0 saturated heterocycles. The molecule has 0 fully saturated rings. The van der Waals surface area contributed by atoms with Gasteiger partial charge in [-0.15, -0.1) is 0 Å². The van der Waals surface area contributed by atoms with Crippen LogP contribution in [0.25, 0.3) is 0 Å².